The first-order valence-corrected chi connectivity index (χ1v) is 6.77. The van der Waals surface area contributed by atoms with E-state index in [2.05, 4.69) is 11.1 Å². The van der Waals surface area contributed by atoms with E-state index in [-0.39, 0.29) is 0 Å². The molecular formula is C17H14ClNO. The fraction of sp³-hybridized carbons (Fsp3) is 0.118. The number of halogens is 1. The molecule has 1 heterocycles. The highest BCUT2D eigenvalue weighted by molar-refractivity contribution is 6.30. The van der Waals surface area contributed by atoms with Crippen LogP contribution in [0.1, 0.15) is 5.56 Å². The fourth-order valence-electron chi connectivity index (χ4n) is 2.37. The molecule has 0 radical (unpaired) electrons. The predicted octanol–water partition coefficient (Wildman–Crippen LogP) is 4.87. The number of aryl methyl sites for hydroxylation is 1. The number of para-hydroxylation sites is 1. The zero-order chi connectivity index (χ0) is 14.1. The standard InChI is InChI=1S/C17H14ClNO/c1-11-4-3-5-14-15(10-16(18)19-17(11)14)12-6-8-13(20-2)9-7-12/h3-10H,1-2H3. The van der Waals surface area contributed by atoms with Crippen LogP contribution in [0.4, 0.5) is 0 Å². The van der Waals surface area contributed by atoms with Gasteiger partial charge in [0.2, 0.25) is 0 Å². The highest BCUT2D eigenvalue weighted by Gasteiger charge is 2.08. The van der Waals surface area contributed by atoms with Crippen LogP contribution in [0, 0.1) is 6.92 Å². The third-order valence-electron chi connectivity index (χ3n) is 3.41. The Morgan fingerprint density at radius 1 is 1.05 bits per heavy atom. The van der Waals surface area contributed by atoms with Gasteiger partial charge in [-0.15, -0.1) is 0 Å². The summed E-state index contributed by atoms with van der Waals surface area (Å²) in [6.07, 6.45) is 0. The summed E-state index contributed by atoms with van der Waals surface area (Å²) in [5, 5.41) is 1.62. The Balaban J connectivity index is 2.26. The number of fused-ring (bicyclic) bond motifs is 1. The van der Waals surface area contributed by atoms with Crippen molar-refractivity contribution in [3.63, 3.8) is 0 Å². The Labute approximate surface area is 123 Å². The molecule has 0 amide bonds. The molecule has 0 aliphatic rings. The predicted molar refractivity (Wildman–Crippen MR) is 83.5 cm³/mol. The van der Waals surface area contributed by atoms with E-state index in [9.17, 15) is 0 Å². The Kier molecular flexibility index (Phi) is 3.33. The molecule has 0 fully saturated rings. The van der Waals surface area contributed by atoms with Gasteiger partial charge in [-0.3, -0.25) is 0 Å². The van der Waals surface area contributed by atoms with Crippen LogP contribution in [0.15, 0.2) is 48.5 Å². The lowest BCUT2D eigenvalue weighted by molar-refractivity contribution is 0.415. The molecule has 0 saturated heterocycles. The van der Waals surface area contributed by atoms with Crippen molar-refractivity contribution in [2.45, 2.75) is 6.92 Å². The van der Waals surface area contributed by atoms with Crippen molar-refractivity contribution >= 4 is 22.5 Å². The van der Waals surface area contributed by atoms with Gasteiger partial charge in [0.1, 0.15) is 10.9 Å². The molecule has 0 N–H and O–H groups in total. The van der Waals surface area contributed by atoms with Gasteiger partial charge in [0, 0.05) is 5.39 Å². The number of methoxy groups -OCH3 is 1. The lowest BCUT2D eigenvalue weighted by atomic mass is 10.00. The largest absolute Gasteiger partial charge is 0.497 e. The van der Waals surface area contributed by atoms with Gasteiger partial charge in [-0.25, -0.2) is 4.98 Å². The van der Waals surface area contributed by atoms with E-state index in [1.165, 1.54) is 0 Å². The first kappa shape index (κ1) is 12.9. The van der Waals surface area contributed by atoms with Crippen LogP contribution in [0.5, 0.6) is 5.75 Å². The van der Waals surface area contributed by atoms with Gasteiger partial charge in [-0.05, 0) is 41.8 Å². The summed E-state index contributed by atoms with van der Waals surface area (Å²) < 4.78 is 5.20. The average Bonchev–Trinajstić information content (AvgIpc) is 2.48. The van der Waals surface area contributed by atoms with E-state index < -0.39 is 0 Å². The first-order chi connectivity index (χ1) is 9.69. The lowest BCUT2D eigenvalue weighted by Gasteiger charge is -2.10. The summed E-state index contributed by atoms with van der Waals surface area (Å²) in [6.45, 7) is 2.05. The van der Waals surface area contributed by atoms with Crippen LogP contribution in [-0.2, 0) is 0 Å². The van der Waals surface area contributed by atoms with Crippen molar-refractivity contribution in [3.8, 4) is 16.9 Å². The summed E-state index contributed by atoms with van der Waals surface area (Å²) in [7, 11) is 1.66. The smallest absolute Gasteiger partial charge is 0.130 e. The molecule has 0 aliphatic heterocycles. The zero-order valence-corrected chi connectivity index (χ0v) is 12.1. The summed E-state index contributed by atoms with van der Waals surface area (Å²) in [6, 6.07) is 16.0. The molecule has 3 heteroatoms. The van der Waals surface area contributed by atoms with Crippen LogP contribution < -0.4 is 4.74 Å². The number of pyridine rings is 1. The summed E-state index contributed by atoms with van der Waals surface area (Å²) in [5.41, 5.74) is 4.27. The van der Waals surface area contributed by atoms with Gasteiger partial charge in [-0.2, -0.15) is 0 Å². The number of aromatic nitrogens is 1. The Bertz CT molecular complexity index is 766. The maximum absolute atomic E-state index is 6.17. The van der Waals surface area contributed by atoms with Crippen molar-refractivity contribution in [1.82, 2.24) is 4.98 Å². The average molecular weight is 284 g/mol. The van der Waals surface area contributed by atoms with E-state index in [1.54, 1.807) is 7.11 Å². The van der Waals surface area contributed by atoms with Crippen LogP contribution >= 0.6 is 11.6 Å². The second-order valence-corrected chi connectivity index (χ2v) is 5.08. The van der Waals surface area contributed by atoms with Crippen molar-refractivity contribution in [1.29, 1.82) is 0 Å². The molecule has 20 heavy (non-hydrogen) atoms. The molecule has 3 rings (SSSR count). The molecule has 1 aromatic heterocycles. The van der Waals surface area contributed by atoms with E-state index in [0.717, 1.165) is 33.3 Å². The molecule has 0 spiro atoms. The maximum atomic E-state index is 6.17. The Hall–Kier alpha value is -2.06. The molecule has 0 atom stereocenters. The minimum atomic E-state index is 0.512. The third-order valence-corrected chi connectivity index (χ3v) is 3.60. The second-order valence-electron chi connectivity index (χ2n) is 4.69. The van der Waals surface area contributed by atoms with Gasteiger partial charge in [0.05, 0.1) is 12.6 Å². The van der Waals surface area contributed by atoms with Crippen LogP contribution in [0.3, 0.4) is 0 Å². The number of hydrogen-bond donors (Lipinski definition) is 0. The van der Waals surface area contributed by atoms with Gasteiger partial charge in [-0.1, -0.05) is 41.9 Å². The van der Waals surface area contributed by atoms with E-state index in [0.29, 0.717) is 5.15 Å². The zero-order valence-electron chi connectivity index (χ0n) is 11.4. The van der Waals surface area contributed by atoms with Crippen molar-refractivity contribution in [3.05, 3.63) is 59.2 Å². The third kappa shape index (κ3) is 2.23. The van der Waals surface area contributed by atoms with Gasteiger partial charge in [0.15, 0.2) is 0 Å². The minimum absolute atomic E-state index is 0.512. The highest BCUT2D eigenvalue weighted by Crippen LogP contribution is 2.32. The first-order valence-electron chi connectivity index (χ1n) is 6.39. The van der Waals surface area contributed by atoms with Gasteiger partial charge >= 0.3 is 0 Å². The second kappa shape index (κ2) is 5.14. The summed E-state index contributed by atoms with van der Waals surface area (Å²) >= 11 is 6.17. The SMILES string of the molecule is COc1ccc(-c2cc(Cl)nc3c(C)cccc23)cc1. The molecule has 0 bridgehead atoms. The molecule has 100 valence electrons. The monoisotopic (exact) mass is 283 g/mol. The quantitative estimate of drug-likeness (QED) is 0.626. The van der Waals surface area contributed by atoms with E-state index >= 15 is 0 Å². The number of nitrogens with zero attached hydrogens (tertiary/aromatic N) is 1. The minimum Gasteiger partial charge on any atom is -0.497 e. The lowest BCUT2D eigenvalue weighted by Crippen LogP contribution is -1.89. The van der Waals surface area contributed by atoms with Crippen LogP contribution in [0.2, 0.25) is 5.15 Å². The fourth-order valence-corrected chi connectivity index (χ4v) is 2.56. The molecule has 3 aromatic rings. The van der Waals surface area contributed by atoms with Gasteiger partial charge < -0.3 is 4.74 Å². The molecule has 0 unspecified atom stereocenters. The van der Waals surface area contributed by atoms with E-state index in [4.69, 9.17) is 16.3 Å². The van der Waals surface area contributed by atoms with E-state index in [1.807, 2.05) is 49.4 Å². The van der Waals surface area contributed by atoms with Crippen molar-refractivity contribution < 1.29 is 4.74 Å². The number of rotatable bonds is 2. The normalized spacial score (nSPS) is 10.8. The van der Waals surface area contributed by atoms with Crippen LogP contribution in [0.25, 0.3) is 22.0 Å². The number of benzene rings is 2. The van der Waals surface area contributed by atoms with Crippen molar-refractivity contribution in [2.75, 3.05) is 7.11 Å². The summed E-state index contributed by atoms with van der Waals surface area (Å²) in [5.74, 6) is 0.842. The molecule has 0 saturated carbocycles. The topological polar surface area (TPSA) is 22.1 Å². The number of hydrogen-bond acceptors (Lipinski definition) is 2. The highest BCUT2D eigenvalue weighted by atomic mass is 35.5. The maximum Gasteiger partial charge on any atom is 0.130 e. The Morgan fingerprint density at radius 3 is 2.50 bits per heavy atom. The molecule has 0 aliphatic carbocycles. The van der Waals surface area contributed by atoms with Gasteiger partial charge in [0.25, 0.3) is 0 Å². The number of ether oxygens (including phenoxy) is 1. The van der Waals surface area contributed by atoms with Crippen molar-refractivity contribution in [2.24, 2.45) is 0 Å². The molecule has 2 nitrogen and oxygen atoms in total. The molecular weight excluding hydrogens is 270 g/mol. The molecule has 2 aromatic carbocycles. The summed E-state index contributed by atoms with van der Waals surface area (Å²) in [4.78, 5) is 4.44. The van der Waals surface area contributed by atoms with Crippen LogP contribution in [-0.4, -0.2) is 12.1 Å². The Morgan fingerprint density at radius 2 is 1.80 bits per heavy atom.